The minimum atomic E-state index is -0.445. The maximum Gasteiger partial charge on any atom is 0.244 e. The van der Waals surface area contributed by atoms with Crippen LogP contribution in [0.15, 0.2) is 54.6 Å². The molecule has 0 aliphatic carbocycles. The molecule has 0 atom stereocenters. The van der Waals surface area contributed by atoms with Crippen LogP contribution in [0.25, 0.3) is 6.08 Å². The second-order valence-corrected chi connectivity index (χ2v) is 4.46. The molecule has 2 rings (SSSR count). The van der Waals surface area contributed by atoms with Crippen molar-refractivity contribution >= 4 is 12.0 Å². The van der Waals surface area contributed by atoms with Crippen LogP contribution in [-0.4, -0.2) is 19.1 Å². The van der Waals surface area contributed by atoms with Crippen molar-refractivity contribution in [1.29, 1.82) is 0 Å². The van der Waals surface area contributed by atoms with Crippen molar-refractivity contribution in [3.63, 3.8) is 0 Å². The maximum absolute atomic E-state index is 13.3. The van der Waals surface area contributed by atoms with Crippen LogP contribution in [0.4, 0.5) is 8.78 Å². The van der Waals surface area contributed by atoms with E-state index in [0.717, 1.165) is 0 Å². The fraction of sp³-hybridized carbons (Fsp3) is 0.118. The van der Waals surface area contributed by atoms with Gasteiger partial charge in [0.25, 0.3) is 0 Å². The monoisotopic (exact) mass is 303 g/mol. The van der Waals surface area contributed by atoms with Gasteiger partial charge in [0.2, 0.25) is 5.91 Å². The number of benzene rings is 2. The molecule has 0 saturated heterocycles. The summed E-state index contributed by atoms with van der Waals surface area (Å²) in [7, 11) is 0. The van der Waals surface area contributed by atoms with E-state index in [4.69, 9.17) is 4.74 Å². The van der Waals surface area contributed by atoms with Gasteiger partial charge in [0.1, 0.15) is 12.4 Å². The van der Waals surface area contributed by atoms with Gasteiger partial charge in [-0.05, 0) is 35.9 Å². The molecule has 5 heteroatoms. The van der Waals surface area contributed by atoms with Crippen LogP contribution in [0.2, 0.25) is 0 Å². The number of rotatable bonds is 6. The summed E-state index contributed by atoms with van der Waals surface area (Å²) in [5.41, 5.74) is 0.595. The van der Waals surface area contributed by atoms with Crippen LogP contribution < -0.4 is 10.1 Å². The van der Waals surface area contributed by atoms with Crippen LogP contribution in [0.3, 0.4) is 0 Å². The Morgan fingerprint density at radius 3 is 2.73 bits per heavy atom. The van der Waals surface area contributed by atoms with E-state index in [0.29, 0.717) is 5.56 Å². The van der Waals surface area contributed by atoms with Crippen molar-refractivity contribution in [3.8, 4) is 5.75 Å². The quantitative estimate of drug-likeness (QED) is 0.657. The molecule has 2 aromatic carbocycles. The van der Waals surface area contributed by atoms with Gasteiger partial charge in [-0.1, -0.05) is 24.3 Å². The first-order valence-corrected chi connectivity index (χ1v) is 6.74. The standard InChI is InChI=1S/C17H15F2NO2/c18-14-5-3-4-13(12-14)8-9-17(21)20-10-11-22-16-7-2-1-6-15(16)19/h1-9,12H,10-11H2,(H,20,21)/b9-8+. The summed E-state index contributed by atoms with van der Waals surface area (Å²) in [6, 6.07) is 12.0. The highest BCUT2D eigenvalue weighted by Crippen LogP contribution is 2.14. The predicted molar refractivity (Wildman–Crippen MR) is 80.3 cm³/mol. The molecule has 0 aliphatic rings. The van der Waals surface area contributed by atoms with Crippen molar-refractivity contribution in [3.05, 3.63) is 71.8 Å². The molecule has 0 unspecified atom stereocenters. The molecule has 1 N–H and O–H groups in total. The van der Waals surface area contributed by atoms with Crippen LogP contribution in [0.1, 0.15) is 5.56 Å². The van der Waals surface area contributed by atoms with Gasteiger partial charge in [-0.25, -0.2) is 8.78 Å². The normalized spacial score (nSPS) is 10.6. The van der Waals surface area contributed by atoms with E-state index in [2.05, 4.69) is 5.32 Å². The molecule has 3 nitrogen and oxygen atoms in total. The molecule has 0 aromatic heterocycles. The molecular formula is C17H15F2NO2. The molecule has 0 spiro atoms. The van der Waals surface area contributed by atoms with Gasteiger partial charge in [0.15, 0.2) is 11.6 Å². The second kappa shape index (κ2) is 7.93. The first kappa shape index (κ1) is 15.7. The number of hydrogen-bond acceptors (Lipinski definition) is 2. The second-order valence-electron chi connectivity index (χ2n) is 4.46. The van der Waals surface area contributed by atoms with Crippen molar-refractivity contribution in [1.82, 2.24) is 5.32 Å². The van der Waals surface area contributed by atoms with Crippen LogP contribution in [0.5, 0.6) is 5.75 Å². The first-order valence-electron chi connectivity index (χ1n) is 6.74. The summed E-state index contributed by atoms with van der Waals surface area (Å²) in [5.74, 6) is -0.992. The highest BCUT2D eigenvalue weighted by atomic mass is 19.1. The van der Waals surface area contributed by atoms with Crippen LogP contribution in [-0.2, 0) is 4.79 Å². The minimum Gasteiger partial charge on any atom is -0.489 e. The van der Waals surface area contributed by atoms with Crippen molar-refractivity contribution in [2.24, 2.45) is 0 Å². The lowest BCUT2D eigenvalue weighted by Gasteiger charge is -2.07. The van der Waals surface area contributed by atoms with E-state index in [1.165, 1.54) is 36.4 Å². The summed E-state index contributed by atoms with van der Waals surface area (Å²) >= 11 is 0. The van der Waals surface area contributed by atoms with E-state index in [9.17, 15) is 13.6 Å². The van der Waals surface area contributed by atoms with Crippen molar-refractivity contribution < 1.29 is 18.3 Å². The number of para-hydroxylation sites is 1. The molecule has 2 aromatic rings. The average molecular weight is 303 g/mol. The van der Waals surface area contributed by atoms with Crippen LogP contribution in [0, 0.1) is 11.6 Å². The molecule has 114 valence electrons. The lowest BCUT2D eigenvalue weighted by molar-refractivity contribution is -0.116. The summed E-state index contributed by atoms with van der Waals surface area (Å²) in [5, 5.41) is 2.59. The number of amides is 1. The zero-order valence-electron chi connectivity index (χ0n) is 11.8. The number of hydrogen-bond donors (Lipinski definition) is 1. The molecule has 0 bridgehead atoms. The molecule has 0 fully saturated rings. The largest absolute Gasteiger partial charge is 0.489 e. The summed E-state index contributed by atoms with van der Waals surface area (Å²) < 4.78 is 31.4. The Morgan fingerprint density at radius 1 is 1.14 bits per heavy atom. The predicted octanol–water partition coefficient (Wildman–Crippen LogP) is 3.17. The van der Waals surface area contributed by atoms with Crippen LogP contribution >= 0.6 is 0 Å². The average Bonchev–Trinajstić information content (AvgIpc) is 2.51. The Morgan fingerprint density at radius 2 is 1.95 bits per heavy atom. The van der Waals surface area contributed by atoms with Crippen molar-refractivity contribution in [2.75, 3.05) is 13.2 Å². The highest BCUT2D eigenvalue weighted by molar-refractivity contribution is 5.91. The first-order chi connectivity index (χ1) is 10.6. The molecule has 0 aliphatic heterocycles. The summed E-state index contributed by atoms with van der Waals surface area (Å²) in [6.07, 6.45) is 2.81. The third-order valence-corrected chi connectivity index (χ3v) is 2.77. The van der Waals surface area contributed by atoms with Gasteiger partial charge < -0.3 is 10.1 Å². The van der Waals surface area contributed by atoms with Crippen molar-refractivity contribution in [2.45, 2.75) is 0 Å². The lowest BCUT2D eigenvalue weighted by Crippen LogP contribution is -2.26. The number of carbonyl (C=O) groups is 1. The van der Waals surface area contributed by atoms with Gasteiger partial charge in [0.05, 0.1) is 6.54 Å². The third kappa shape index (κ3) is 5.01. The SMILES string of the molecule is O=C(/C=C/c1cccc(F)c1)NCCOc1ccccc1F. The zero-order valence-corrected chi connectivity index (χ0v) is 11.8. The Balaban J connectivity index is 1.73. The Bertz CT molecular complexity index is 671. The fourth-order valence-electron chi connectivity index (χ4n) is 1.74. The smallest absolute Gasteiger partial charge is 0.244 e. The maximum atomic E-state index is 13.3. The molecule has 22 heavy (non-hydrogen) atoms. The molecule has 1 amide bonds. The van der Waals surface area contributed by atoms with Gasteiger partial charge in [-0.15, -0.1) is 0 Å². The summed E-state index contributed by atoms with van der Waals surface area (Å²) in [4.78, 5) is 11.6. The Kier molecular flexibility index (Phi) is 5.65. The topological polar surface area (TPSA) is 38.3 Å². The van der Waals surface area contributed by atoms with E-state index in [1.807, 2.05) is 0 Å². The molecule has 0 heterocycles. The fourth-order valence-corrected chi connectivity index (χ4v) is 1.74. The number of nitrogens with one attached hydrogen (secondary N) is 1. The van der Waals surface area contributed by atoms with E-state index in [-0.39, 0.29) is 30.6 Å². The van der Waals surface area contributed by atoms with E-state index in [1.54, 1.807) is 24.3 Å². The summed E-state index contributed by atoms with van der Waals surface area (Å²) in [6.45, 7) is 0.390. The Hall–Kier alpha value is -2.69. The van der Waals surface area contributed by atoms with Gasteiger partial charge in [0, 0.05) is 6.08 Å². The van der Waals surface area contributed by atoms with Gasteiger partial charge >= 0.3 is 0 Å². The highest BCUT2D eigenvalue weighted by Gasteiger charge is 2.01. The Labute approximate surface area is 127 Å². The molecule has 0 radical (unpaired) electrons. The lowest BCUT2D eigenvalue weighted by atomic mass is 10.2. The minimum absolute atomic E-state index is 0.145. The van der Waals surface area contributed by atoms with Gasteiger partial charge in [-0.2, -0.15) is 0 Å². The van der Waals surface area contributed by atoms with E-state index < -0.39 is 5.82 Å². The molecule has 0 saturated carbocycles. The number of carbonyl (C=O) groups excluding carboxylic acids is 1. The van der Waals surface area contributed by atoms with E-state index >= 15 is 0 Å². The molecular weight excluding hydrogens is 288 g/mol. The number of halogens is 2. The number of ether oxygens (including phenoxy) is 1. The van der Waals surface area contributed by atoms with Gasteiger partial charge in [-0.3, -0.25) is 4.79 Å². The zero-order chi connectivity index (χ0) is 15.8. The third-order valence-electron chi connectivity index (χ3n) is 2.77.